The van der Waals surface area contributed by atoms with E-state index in [2.05, 4.69) is 5.16 Å². The number of ketones is 1. The molecule has 2 atom stereocenters. The summed E-state index contributed by atoms with van der Waals surface area (Å²) in [6, 6.07) is 0. The van der Waals surface area contributed by atoms with Gasteiger partial charge in [-0.3, -0.25) is 4.79 Å². The minimum Gasteiger partial charge on any atom is -0.511 e. The smallest absolute Gasteiger partial charge is 0.168 e. The third-order valence-corrected chi connectivity index (χ3v) is 5.65. The highest BCUT2D eigenvalue weighted by atomic mass is 32.2. The number of aliphatic hydroxyl groups is 1. The number of aliphatic hydroxyl groups excluding tert-OH is 1. The van der Waals surface area contributed by atoms with Crippen molar-refractivity contribution in [3.63, 3.8) is 0 Å². The van der Waals surface area contributed by atoms with Crippen molar-refractivity contribution in [2.45, 2.75) is 52.4 Å². The molecule has 5 heteroatoms. The second kappa shape index (κ2) is 8.61. The number of thioether (sulfide) groups is 1. The molecule has 1 heterocycles. The van der Waals surface area contributed by atoms with Crippen LogP contribution in [0.15, 0.2) is 16.5 Å². The van der Waals surface area contributed by atoms with E-state index in [1.807, 2.05) is 25.6 Å². The summed E-state index contributed by atoms with van der Waals surface area (Å²) in [5.41, 5.74) is 1.04. The Hall–Kier alpha value is -0.970. The Balaban J connectivity index is 2.15. The molecule has 1 aliphatic heterocycles. The molecule has 0 saturated carbocycles. The third-order valence-electron chi connectivity index (χ3n) is 4.41. The molecule has 0 aromatic carbocycles. The first-order chi connectivity index (χ1) is 10.7. The highest BCUT2D eigenvalue weighted by molar-refractivity contribution is 7.99. The van der Waals surface area contributed by atoms with Crippen LogP contribution in [-0.4, -0.2) is 34.7 Å². The Kier molecular flexibility index (Phi) is 6.80. The minimum atomic E-state index is 0.0382. The lowest BCUT2D eigenvalue weighted by Crippen LogP contribution is -2.30. The fraction of sp³-hybridized carbons (Fsp3) is 0.765. The van der Waals surface area contributed by atoms with Gasteiger partial charge in [-0.25, -0.2) is 0 Å². The van der Waals surface area contributed by atoms with Crippen LogP contribution < -0.4 is 0 Å². The van der Waals surface area contributed by atoms with Crippen molar-refractivity contribution >= 4 is 23.3 Å². The number of carbonyl (C=O) groups is 1. The molecule has 1 saturated heterocycles. The molecule has 0 aromatic rings. The van der Waals surface area contributed by atoms with Crippen molar-refractivity contribution in [1.29, 1.82) is 0 Å². The van der Waals surface area contributed by atoms with Crippen LogP contribution in [0.5, 0.6) is 0 Å². The highest BCUT2D eigenvalue weighted by Crippen LogP contribution is 2.38. The summed E-state index contributed by atoms with van der Waals surface area (Å²) in [4.78, 5) is 17.7. The maximum atomic E-state index is 12.6. The van der Waals surface area contributed by atoms with E-state index in [-0.39, 0.29) is 11.5 Å². The van der Waals surface area contributed by atoms with Crippen LogP contribution in [0.4, 0.5) is 0 Å². The van der Waals surface area contributed by atoms with E-state index >= 15 is 0 Å². The van der Waals surface area contributed by atoms with E-state index in [1.165, 1.54) is 18.6 Å². The summed E-state index contributed by atoms with van der Waals surface area (Å²) in [6.07, 6.45) is 5.10. The number of hydrogen-bond donors (Lipinski definition) is 1. The molecular weight excluding hydrogens is 298 g/mol. The largest absolute Gasteiger partial charge is 0.511 e. The van der Waals surface area contributed by atoms with Gasteiger partial charge in [0, 0.05) is 12.8 Å². The Morgan fingerprint density at radius 2 is 2.18 bits per heavy atom. The van der Waals surface area contributed by atoms with Gasteiger partial charge in [0.05, 0.1) is 11.3 Å². The van der Waals surface area contributed by atoms with Crippen molar-refractivity contribution in [1.82, 2.24) is 0 Å². The number of Topliss-reactive ketones (excluding diaryl/α,β-unsaturated/α-hetero) is 1. The number of allylic oxidation sites excluding steroid dienone is 2. The maximum absolute atomic E-state index is 12.6. The molecule has 124 valence electrons. The van der Waals surface area contributed by atoms with E-state index < -0.39 is 0 Å². The van der Waals surface area contributed by atoms with Crippen LogP contribution in [0.1, 0.15) is 52.4 Å². The molecule has 2 aliphatic rings. The molecule has 0 unspecified atom stereocenters. The zero-order valence-electron chi connectivity index (χ0n) is 13.6. The number of nitrogens with zero attached hydrogens (tertiary/aromatic N) is 1. The zero-order chi connectivity index (χ0) is 15.9. The zero-order valence-corrected chi connectivity index (χ0v) is 14.5. The standard InChI is InChI=1S/C17H27NO3S/c1-3-6-14(18-21-4-2)17-15(19)9-13(10-16(17)20)12-7-5-8-22-11-12/h12-13,19H,3-11H2,1-2H3/b18-14-/t12-,13+/m0/s1. The van der Waals surface area contributed by atoms with Crippen molar-refractivity contribution in [2.24, 2.45) is 17.0 Å². The molecule has 0 aromatic heterocycles. The minimum absolute atomic E-state index is 0.0382. The van der Waals surface area contributed by atoms with Crippen LogP contribution in [-0.2, 0) is 9.63 Å². The van der Waals surface area contributed by atoms with Gasteiger partial charge in [-0.15, -0.1) is 0 Å². The first kappa shape index (κ1) is 17.4. The Labute approximate surface area is 137 Å². The Bertz CT molecular complexity index is 453. The summed E-state index contributed by atoms with van der Waals surface area (Å²) in [5, 5.41) is 14.5. The maximum Gasteiger partial charge on any atom is 0.168 e. The molecule has 0 radical (unpaired) electrons. The fourth-order valence-corrected chi connectivity index (χ4v) is 4.60. The average Bonchev–Trinajstić information content (AvgIpc) is 2.52. The van der Waals surface area contributed by atoms with Crippen LogP contribution in [0.2, 0.25) is 0 Å². The van der Waals surface area contributed by atoms with Gasteiger partial charge in [0.25, 0.3) is 0 Å². The molecule has 1 fully saturated rings. The predicted octanol–water partition coefficient (Wildman–Crippen LogP) is 4.11. The summed E-state index contributed by atoms with van der Waals surface area (Å²) >= 11 is 1.97. The van der Waals surface area contributed by atoms with Gasteiger partial charge in [0.1, 0.15) is 12.4 Å². The fourth-order valence-electron chi connectivity index (χ4n) is 3.32. The number of hydrogen-bond acceptors (Lipinski definition) is 5. The van der Waals surface area contributed by atoms with Crippen LogP contribution in [0.25, 0.3) is 0 Å². The summed E-state index contributed by atoms with van der Waals surface area (Å²) in [5.74, 6) is 3.46. The van der Waals surface area contributed by atoms with Crippen molar-refractivity contribution in [2.75, 3.05) is 18.1 Å². The second-order valence-corrected chi connectivity index (χ2v) is 7.25. The monoisotopic (exact) mass is 325 g/mol. The van der Waals surface area contributed by atoms with Crippen LogP contribution in [0, 0.1) is 11.8 Å². The topological polar surface area (TPSA) is 58.9 Å². The number of rotatable bonds is 6. The van der Waals surface area contributed by atoms with E-state index in [9.17, 15) is 9.90 Å². The molecular formula is C17H27NO3S. The molecule has 1 N–H and O–H groups in total. The van der Waals surface area contributed by atoms with Gasteiger partial charge in [0.15, 0.2) is 5.78 Å². The summed E-state index contributed by atoms with van der Waals surface area (Å²) in [6.45, 7) is 4.37. The molecule has 1 aliphatic carbocycles. The lowest BCUT2D eigenvalue weighted by atomic mass is 9.76. The predicted molar refractivity (Wildman–Crippen MR) is 91.4 cm³/mol. The van der Waals surface area contributed by atoms with Gasteiger partial charge in [-0.05, 0) is 49.5 Å². The van der Waals surface area contributed by atoms with Gasteiger partial charge in [0.2, 0.25) is 0 Å². The number of oxime groups is 1. The molecule has 2 rings (SSSR count). The van der Waals surface area contributed by atoms with E-state index in [0.29, 0.717) is 49.0 Å². The summed E-state index contributed by atoms with van der Waals surface area (Å²) in [7, 11) is 0. The van der Waals surface area contributed by atoms with Crippen molar-refractivity contribution < 1.29 is 14.7 Å². The first-order valence-electron chi connectivity index (χ1n) is 8.39. The SMILES string of the molecule is CCC/C(=N/OCC)C1=C(O)C[C@@H]([C@H]2CCCSC2)CC1=O. The Morgan fingerprint density at radius 3 is 2.77 bits per heavy atom. The second-order valence-electron chi connectivity index (χ2n) is 6.10. The highest BCUT2D eigenvalue weighted by Gasteiger charge is 2.35. The third kappa shape index (κ3) is 4.28. The molecule has 4 nitrogen and oxygen atoms in total. The number of carbonyl (C=O) groups excluding carboxylic acids is 1. The van der Waals surface area contributed by atoms with E-state index in [0.717, 1.165) is 12.2 Å². The molecule has 0 bridgehead atoms. The van der Waals surface area contributed by atoms with Crippen molar-refractivity contribution in [3.05, 3.63) is 11.3 Å². The van der Waals surface area contributed by atoms with Crippen LogP contribution >= 0.6 is 11.8 Å². The summed E-state index contributed by atoms with van der Waals surface area (Å²) < 4.78 is 0. The van der Waals surface area contributed by atoms with E-state index in [4.69, 9.17) is 4.84 Å². The van der Waals surface area contributed by atoms with Gasteiger partial charge in [-0.2, -0.15) is 11.8 Å². The van der Waals surface area contributed by atoms with E-state index in [1.54, 1.807) is 0 Å². The van der Waals surface area contributed by atoms with Crippen molar-refractivity contribution in [3.8, 4) is 0 Å². The molecule has 0 spiro atoms. The van der Waals surface area contributed by atoms with Gasteiger partial charge in [-0.1, -0.05) is 18.5 Å². The quantitative estimate of drug-likeness (QED) is 0.589. The van der Waals surface area contributed by atoms with Crippen LogP contribution in [0.3, 0.4) is 0 Å². The Morgan fingerprint density at radius 1 is 1.36 bits per heavy atom. The lowest BCUT2D eigenvalue weighted by molar-refractivity contribution is -0.117. The molecule has 22 heavy (non-hydrogen) atoms. The lowest BCUT2D eigenvalue weighted by Gasteiger charge is -2.32. The normalized spacial score (nSPS) is 27.2. The first-order valence-corrected chi connectivity index (χ1v) is 9.55. The van der Waals surface area contributed by atoms with Gasteiger partial charge < -0.3 is 9.94 Å². The van der Waals surface area contributed by atoms with Gasteiger partial charge >= 0.3 is 0 Å². The average molecular weight is 325 g/mol. The molecule has 0 amide bonds.